The Kier molecular flexibility index (Phi) is 5.47. The molecule has 0 aliphatic heterocycles. The van der Waals surface area contributed by atoms with Gasteiger partial charge in [0.1, 0.15) is 11.5 Å². The van der Waals surface area contributed by atoms with Crippen LogP contribution in [0, 0.1) is 0 Å². The van der Waals surface area contributed by atoms with Crippen LogP contribution in [0.1, 0.15) is 18.4 Å². The van der Waals surface area contributed by atoms with Crippen LogP contribution in [0.25, 0.3) is 0 Å². The van der Waals surface area contributed by atoms with Gasteiger partial charge in [-0.15, -0.1) is 24.8 Å². The van der Waals surface area contributed by atoms with Crippen molar-refractivity contribution >= 4 is 17.4 Å². The first-order chi connectivity index (χ1) is 8.40. The Balaban J connectivity index is 2.52. The number of ether oxygens (including phenoxy) is 1. The highest BCUT2D eigenvalue weighted by atomic mass is 35.5. The second kappa shape index (κ2) is 6.64. The Hall–Kier alpha value is -1.23. The molecule has 1 aromatic carbocycles. The summed E-state index contributed by atoms with van der Waals surface area (Å²) in [7, 11) is 0. The van der Waals surface area contributed by atoms with Gasteiger partial charge in [-0.1, -0.05) is 12.1 Å². The van der Waals surface area contributed by atoms with Crippen LogP contribution in [-0.4, -0.2) is 18.0 Å². The number of carbonyl (C=O) groups is 1. The minimum absolute atomic E-state index is 0.0140. The fraction of sp³-hybridized carbons (Fsp3) is 0.417. The number of alkyl halides is 4. The first-order valence-electron chi connectivity index (χ1n) is 5.33. The number of rotatable bonds is 6. The molecule has 0 amide bonds. The molecule has 0 fully saturated rings. The zero-order valence-electron chi connectivity index (χ0n) is 9.47. The molecule has 0 aliphatic carbocycles. The molecule has 0 unspecified atom stereocenters. The quantitative estimate of drug-likeness (QED) is 0.743. The van der Waals surface area contributed by atoms with E-state index in [4.69, 9.17) is 11.6 Å². The fourth-order valence-electron chi connectivity index (χ4n) is 1.39. The summed E-state index contributed by atoms with van der Waals surface area (Å²) >= 11 is 5.46. The second-order valence-electron chi connectivity index (χ2n) is 3.70. The summed E-state index contributed by atoms with van der Waals surface area (Å²) < 4.78 is 39.4. The lowest BCUT2D eigenvalue weighted by molar-refractivity contribution is -0.274. The summed E-state index contributed by atoms with van der Waals surface area (Å²) in [6.07, 6.45) is -3.51. The summed E-state index contributed by atoms with van der Waals surface area (Å²) in [5.74, 6) is 0.143. The molecule has 1 rings (SSSR count). The number of halogens is 4. The standard InChI is InChI=1S/C12H12ClF3O2/c13-7-1-2-10(17)8-9-3-5-11(6-4-9)18-12(14,15)16/h3-6H,1-2,7-8H2. The first-order valence-corrected chi connectivity index (χ1v) is 5.86. The van der Waals surface area contributed by atoms with E-state index in [1.165, 1.54) is 24.3 Å². The van der Waals surface area contributed by atoms with Crippen molar-refractivity contribution in [2.75, 3.05) is 5.88 Å². The average Bonchev–Trinajstić information content (AvgIpc) is 2.27. The van der Waals surface area contributed by atoms with Gasteiger partial charge in [0.2, 0.25) is 0 Å². The lowest BCUT2D eigenvalue weighted by atomic mass is 10.1. The molecule has 6 heteroatoms. The van der Waals surface area contributed by atoms with Crippen molar-refractivity contribution in [2.45, 2.75) is 25.6 Å². The number of ketones is 1. The average molecular weight is 281 g/mol. The van der Waals surface area contributed by atoms with Crippen molar-refractivity contribution < 1.29 is 22.7 Å². The van der Waals surface area contributed by atoms with Crippen molar-refractivity contribution in [3.05, 3.63) is 29.8 Å². The molecule has 0 heterocycles. The van der Waals surface area contributed by atoms with Gasteiger partial charge in [0.05, 0.1) is 0 Å². The molecular weight excluding hydrogens is 269 g/mol. The van der Waals surface area contributed by atoms with Gasteiger partial charge < -0.3 is 4.74 Å². The first kappa shape index (κ1) is 14.8. The van der Waals surface area contributed by atoms with Gasteiger partial charge in [-0.25, -0.2) is 0 Å². The molecule has 1 aromatic rings. The fourth-order valence-corrected chi connectivity index (χ4v) is 1.52. The van der Waals surface area contributed by atoms with Crippen molar-refractivity contribution in [2.24, 2.45) is 0 Å². The molecule has 0 saturated carbocycles. The maximum Gasteiger partial charge on any atom is 0.573 e. The number of Topliss-reactive ketones (excluding diaryl/α,β-unsaturated/α-hetero) is 1. The third kappa shape index (κ3) is 5.91. The van der Waals surface area contributed by atoms with Crippen molar-refractivity contribution in [1.29, 1.82) is 0 Å². The third-order valence-electron chi connectivity index (χ3n) is 2.15. The van der Waals surface area contributed by atoms with Crippen LogP contribution in [0.4, 0.5) is 13.2 Å². The lowest BCUT2D eigenvalue weighted by Crippen LogP contribution is -2.17. The maximum atomic E-state index is 11.9. The second-order valence-corrected chi connectivity index (χ2v) is 4.08. The van der Waals surface area contributed by atoms with E-state index in [0.717, 1.165) is 0 Å². The van der Waals surface area contributed by atoms with E-state index in [1.807, 2.05) is 0 Å². The van der Waals surface area contributed by atoms with Crippen LogP contribution in [0.5, 0.6) is 5.75 Å². The van der Waals surface area contributed by atoms with Crippen molar-refractivity contribution in [1.82, 2.24) is 0 Å². The molecule has 0 bridgehead atoms. The normalized spacial score (nSPS) is 11.3. The molecule has 100 valence electrons. The minimum Gasteiger partial charge on any atom is -0.406 e. The molecule has 0 radical (unpaired) electrons. The largest absolute Gasteiger partial charge is 0.573 e. The van der Waals surface area contributed by atoms with Crippen LogP contribution in [0.15, 0.2) is 24.3 Å². The molecule has 0 spiro atoms. The third-order valence-corrected chi connectivity index (χ3v) is 2.41. The van der Waals surface area contributed by atoms with Gasteiger partial charge in [0, 0.05) is 18.7 Å². The van der Waals surface area contributed by atoms with E-state index in [9.17, 15) is 18.0 Å². The van der Waals surface area contributed by atoms with E-state index >= 15 is 0 Å². The smallest absolute Gasteiger partial charge is 0.406 e. The van der Waals surface area contributed by atoms with Crippen LogP contribution in [0.2, 0.25) is 0 Å². The van der Waals surface area contributed by atoms with E-state index in [2.05, 4.69) is 4.74 Å². The maximum absolute atomic E-state index is 11.9. The van der Waals surface area contributed by atoms with E-state index in [0.29, 0.717) is 24.3 Å². The summed E-state index contributed by atoms with van der Waals surface area (Å²) in [5, 5.41) is 0. The molecule has 0 aliphatic rings. The van der Waals surface area contributed by atoms with Gasteiger partial charge >= 0.3 is 6.36 Å². The van der Waals surface area contributed by atoms with Gasteiger partial charge in [0.25, 0.3) is 0 Å². The number of hydrogen-bond donors (Lipinski definition) is 0. The van der Waals surface area contributed by atoms with Gasteiger partial charge in [-0.05, 0) is 24.1 Å². The molecule has 0 aromatic heterocycles. The van der Waals surface area contributed by atoms with Crippen LogP contribution < -0.4 is 4.74 Å². The molecule has 2 nitrogen and oxygen atoms in total. The minimum atomic E-state index is -4.70. The number of carbonyl (C=O) groups excluding carboxylic acids is 1. The zero-order valence-corrected chi connectivity index (χ0v) is 10.2. The highest BCUT2D eigenvalue weighted by molar-refractivity contribution is 6.17. The molecule has 0 N–H and O–H groups in total. The Bertz CT molecular complexity index is 387. The Labute approximate surface area is 108 Å². The highest BCUT2D eigenvalue weighted by Gasteiger charge is 2.30. The molecule has 0 atom stereocenters. The topological polar surface area (TPSA) is 26.3 Å². The SMILES string of the molecule is O=C(CCCCl)Cc1ccc(OC(F)(F)F)cc1. The molecular formula is C12H12ClF3O2. The number of benzene rings is 1. The molecule has 18 heavy (non-hydrogen) atoms. The van der Waals surface area contributed by atoms with E-state index in [1.54, 1.807) is 0 Å². The van der Waals surface area contributed by atoms with E-state index in [-0.39, 0.29) is 18.0 Å². The Morgan fingerprint density at radius 1 is 1.22 bits per heavy atom. The monoisotopic (exact) mass is 280 g/mol. The van der Waals surface area contributed by atoms with Crippen LogP contribution in [-0.2, 0) is 11.2 Å². The van der Waals surface area contributed by atoms with Crippen molar-refractivity contribution in [3.8, 4) is 5.75 Å². The summed E-state index contributed by atoms with van der Waals surface area (Å²) in [4.78, 5) is 11.4. The molecule has 0 saturated heterocycles. The highest BCUT2D eigenvalue weighted by Crippen LogP contribution is 2.22. The van der Waals surface area contributed by atoms with Crippen LogP contribution in [0.3, 0.4) is 0 Å². The summed E-state index contributed by atoms with van der Waals surface area (Å²) in [6, 6.07) is 5.27. The van der Waals surface area contributed by atoms with Crippen LogP contribution >= 0.6 is 11.6 Å². The predicted octanol–water partition coefficient (Wildman–Crippen LogP) is 3.72. The predicted molar refractivity (Wildman–Crippen MR) is 61.8 cm³/mol. The summed E-state index contributed by atoms with van der Waals surface area (Å²) in [5.41, 5.74) is 0.657. The summed E-state index contributed by atoms with van der Waals surface area (Å²) in [6.45, 7) is 0. The van der Waals surface area contributed by atoms with Crippen molar-refractivity contribution in [3.63, 3.8) is 0 Å². The van der Waals surface area contributed by atoms with Gasteiger partial charge in [-0.2, -0.15) is 0 Å². The lowest BCUT2D eigenvalue weighted by Gasteiger charge is -2.09. The number of hydrogen-bond acceptors (Lipinski definition) is 2. The Morgan fingerprint density at radius 2 is 1.83 bits per heavy atom. The van der Waals surface area contributed by atoms with E-state index < -0.39 is 6.36 Å². The van der Waals surface area contributed by atoms with Gasteiger partial charge in [-0.3, -0.25) is 4.79 Å². The zero-order chi connectivity index (χ0) is 13.6. The van der Waals surface area contributed by atoms with Gasteiger partial charge in [0.15, 0.2) is 0 Å². The Morgan fingerprint density at radius 3 is 2.33 bits per heavy atom.